The summed E-state index contributed by atoms with van der Waals surface area (Å²) in [6, 6.07) is 7.81. The third-order valence-corrected chi connectivity index (χ3v) is 3.03. The van der Waals surface area contributed by atoms with Crippen molar-refractivity contribution in [3.63, 3.8) is 0 Å². The van der Waals surface area contributed by atoms with Crippen LogP contribution in [0.3, 0.4) is 0 Å². The molecule has 0 aliphatic heterocycles. The fourth-order valence-corrected chi connectivity index (χ4v) is 1.67. The van der Waals surface area contributed by atoms with Crippen LogP contribution in [-0.4, -0.2) is 18.7 Å². The van der Waals surface area contributed by atoms with E-state index in [2.05, 4.69) is 10.6 Å². The van der Waals surface area contributed by atoms with Crippen LogP contribution in [-0.2, 0) is 0 Å². The van der Waals surface area contributed by atoms with Gasteiger partial charge in [0.2, 0.25) is 0 Å². The number of hydrogen-bond acceptors (Lipinski definition) is 2. The van der Waals surface area contributed by atoms with E-state index in [0.717, 1.165) is 17.7 Å². The highest BCUT2D eigenvalue weighted by Crippen LogP contribution is 2.17. The first-order chi connectivity index (χ1) is 9.06. The van der Waals surface area contributed by atoms with E-state index in [4.69, 9.17) is 4.74 Å². The first kappa shape index (κ1) is 15.3. The van der Waals surface area contributed by atoms with Crippen LogP contribution in [0.1, 0.15) is 45.7 Å². The Kier molecular flexibility index (Phi) is 6.19. The number of hydrogen-bond donors (Lipinski definition) is 2. The Bertz CT molecular complexity index is 390. The van der Waals surface area contributed by atoms with Gasteiger partial charge in [-0.15, -0.1) is 0 Å². The molecule has 2 amide bonds. The van der Waals surface area contributed by atoms with Crippen LogP contribution in [0.5, 0.6) is 5.75 Å². The predicted molar refractivity (Wildman–Crippen MR) is 77.4 cm³/mol. The Morgan fingerprint density at radius 2 is 1.79 bits per heavy atom. The second-order valence-electron chi connectivity index (χ2n) is 4.65. The Hall–Kier alpha value is -1.71. The summed E-state index contributed by atoms with van der Waals surface area (Å²) in [7, 11) is 0. The van der Waals surface area contributed by atoms with Crippen LogP contribution < -0.4 is 15.4 Å². The topological polar surface area (TPSA) is 50.4 Å². The predicted octanol–water partition coefficient (Wildman–Crippen LogP) is 3.24. The Morgan fingerprint density at radius 3 is 2.32 bits per heavy atom. The van der Waals surface area contributed by atoms with Crippen molar-refractivity contribution in [1.29, 1.82) is 0 Å². The molecule has 19 heavy (non-hydrogen) atoms. The van der Waals surface area contributed by atoms with Gasteiger partial charge < -0.3 is 15.4 Å². The summed E-state index contributed by atoms with van der Waals surface area (Å²) < 4.78 is 5.39. The van der Waals surface area contributed by atoms with E-state index in [1.165, 1.54) is 0 Å². The summed E-state index contributed by atoms with van der Waals surface area (Å²) in [5.74, 6) is 0.850. The first-order valence-corrected chi connectivity index (χ1v) is 6.86. The Morgan fingerprint density at radius 1 is 1.16 bits per heavy atom. The van der Waals surface area contributed by atoms with Crippen molar-refractivity contribution in [3.05, 3.63) is 29.8 Å². The van der Waals surface area contributed by atoms with E-state index < -0.39 is 0 Å². The van der Waals surface area contributed by atoms with Crippen molar-refractivity contribution in [1.82, 2.24) is 10.6 Å². The standard InChI is InChI=1S/C15H24N2O2/c1-5-11(3)16-15(18)17-12(4)13-7-9-14(10-8-13)19-6-2/h7-12H,5-6H2,1-4H3,(H2,16,17,18). The quantitative estimate of drug-likeness (QED) is 0.828. The second-order valence-corrected chi connectivity index (χ2v) is 4.65. The summed E-state index contributed by atoms with van der Waals surface area (Å²) in [4.78, 5) is 11.7. The molecule has 0 saturated carbocycles. The van der Waals surface area contributed by atoms with Crippen LogP contribution in [0, 0.1) is 0 Å². The largest absolute Gasteiger partial charge is 0.494 e. The maximum Gasteiger partial charge on any atom is 0.315 e. The van der Waals surface area contributed by atoms with Crippen molar-refractivity contribution in [2.45, 2.75) is 46.2 Å². The summed E-state index contributed by atoms with van der Waals surface area (Å²) >= 11 is 0. The van der Waals surface area contributed by atoms with E-state index in [-0.39, 0.29) is 18.1 Å². The maximum absolute atomic E-state index is 11.7. The molecule has 4 nitrogen and oxygen atoms in total. The van der Waals surface area contributed by atoms with Crippen molar-refractivity contribution in [2.24, 2.45) is 0 Å². The number of benzene rings is 1. The van der Waals surface area contributed by atoms with Crippen LogP contribution in [0.15, 0.2) is 24.3 Å². The number of carbonyl (C=O) groups is 1. The van der Waals surface area contributed by atoms with Gasteiger partial charge in [-0.25, -0.2) is 4.79 Å². The highest BCUT2D eigenvalue weighted by atomic mass is 16.5. The number of rotatable bonds is 6. The maximum atomic E-state index is 11.7. The highest BCUT2D eigenvalue weighted by Gasteiger charge is 2.10. The second kappa shape index (κ2) is 7.67. The lowest BCUT2D eigenvalue weighted by Gasteiger charge is -2.18. The molecule has 0 heterocycles. The van der Waals surface area contributed by atoms with Crippen LogP contribution in [0.2, 0.25) is 0 Å². The number of urea groups is 1. The van der Waals surface area contributed by atoms with Crippen LogP contribution in [0.25, 0.3) is 0 Å². The van der Waals surface area contributed by atoms with Gasteiger partial charge in [0.1, 0.15) is 5.75 Å². The van der Waals surface area contributed by atoms with Gasteiger partial charge in [0, 0.05) is 6.04 Å². The summed E-state index contributed by atoms with van der Waals surface area (Å²) in [5, 5.41) is 5.81. The molecule has 0 bridgehead atoms. The molecular formula is C15H24N2O2. The average molecular weight is 264 g/mol. The van der Waals surface area contributed by atoms with Gasteiger partial charge in [-0.1, -0.05) is 19.1 Å². The number of carbonyl (C=O) groups excluding carboxylic acids is 1. The lowest BCUT2D eigenvalue weighted by molar-refractivity contribution is 0.234. The zero-order chi connectivity index (χ0) is 14.3. The third-order valence-electron chi connectivity index (χ3n) is 3.03. The van der Waals surface area contributed by atoms with E-state index in [9.17, 15) is 4.79 Å². The molecule has 0 aliphatic carbocycles. The molecule has 0 aromatic heterocycles. The Balaban J connectivity index is 2.52. The minimum Gasteiger partial charge on any atom is -0.494 e. The fourth-order valence-electron chi connectivity index (χ4n) is 1.67. The molecule has 0 fully saturated rings. The zero-order valence-corrected chi connectivity index (χ0v) is 12.2. The van der Waals surface area contributed by atoms with E-state index in [1.807, 2.05) is 52.0 Å². The van der Waals surface area contributed by atoms with E-state index in [1.54, 1.807) is 0 Å². The molecule has 2 atom stereocenters. The molecule has 0 radical (unpaired) electrons. The minimum atomic E-state index is -0.129. The van der Waals surface area contributed by atoms with Crippen molar-refractivity contribution < 1.29 is 9.53 Å². The monoisotopic (exact) mass is 264 g/mol. The number of ether oxygens (including phenoxy) is 1. The summed E-state index contributed by atoms with van der Waals surface area (Å²) in [6.07, 6.45) is 0.921. The van der Waals surface area contributed by atoms with Crippen molar-refractivity contribution in [2.75, 3.05) is 6.61 Å². The van der Waals surface area contributed by atoms with E-state index >= 15 is 0 Å². The molecule has 0 aliphatic rings. The molecule has 106 valence electrons. The Labute approximate surface area is 115 Å². The third kappa shape index (κ3) is 5.20. The van der Waals surface area contributed by atoms with Gasteiger partial charge in [-0.2, -0.15) is 0 Å². The first-order valence-electron chi connectivity index (χ1n) is 6.86. The molecular weight excluding hydrogens is 240 g/mol. The van der Waals surface area contributed by atoms with Gasteiger partial charge in [0.25, 0.3) is 0 Å². The van der Waals surface area contributed by atoms with Gasteiger partial charge >= 0.3 is 6.03 Å². The molecule has 1 aromatic rings. The fraction of sp³-hybridized carbons (Fsp3) is 0.533. The molecule has 0 saturated heterocycles. The lowest BCUT2D eigenvalue weighted by atomic mass is 10.1. The molecule has 0 spiro atoms. The van der Waals surface area contributed by atoms with Gasteiger partial charge in [0.15, 0.2) is 0 Å². The highest BCUT2D eigenvalue weighted by molar-refractivity contribution is 5.74. The van der Waals surface area contributed by atoms with Gasteiger partial charge in [-0.05, 0) is 44.9 Å². The molecule has 2 N–H and O–H groups in total. The van der Waals surface area contributed by atoms with Gasteiger partial charge in [-0.3, -0.25) is 0 Å². The van der Waals surface area contributed by atoms with Crippen molar-refractivity contribution in [3.8, 4) is 5.75 Å². The number of amides is 2. The number of nitrogens with one attached hydrogen (secondary N) is 2. The SMILES string of the molecule is CCOc1ccc(C(C)NC(=O)NC(C)CC)cc1. The lowest BCUT2D eigenvalue weighted by Crippen LogP contribution is -2.41. The van der Waals surface area contributed by atoms with Crippen LogP contribution >= 0.6 is 0 Å². The zero-order valence-electron chi connectivity index (χ0n) is 12.2. The molecule has 1 rings (SSSR count). The van der Waals surface area contributed by atoms with Crippen LogP contribution in [0.4, 0.5) is 4.79 Å². The molecule has 4 heteroatoms. The summed E-state index contributed by atoms with van der Waals surface area (Å²) in [5.41, 5.74) is 1.06. The van der Waals surface area contributed by atoms with Crippen molar-refractivity contribution >= 4 is 6.03 Å². The summed E-state index contributed by atoms with van der Waals surface area (Å²) in [6.45, 7) is 8.61. The van der Waals surface area contributed by atoms with Gasteiger partial charge in [0.05, 0.1) is 12.6 Å². The molecule has 1 aromatic carbocycles. The van der Waals surface area contributed by atoms with E-state index in [0.29, 0.717) is 6.61 Å². The minimum absolute atomic E-state index is 0.0280. The smallest absolute Gasteiger partial charge is 0.315 e. The molecule has 2 unspecified atom stereocenters. The average Bonchev–Trinajstić information content (AvgIpc) is 2.39. The normalized spacial score (nSPS) is 13.5.